The lowest BCUT2D eigenvalue weighted by molar-refractivity contribution is 0.102. The average molecular weight is 402 g/mol. The molecule has 150 valence electrons. The zero-order chi connectivity index (χ0) is 20.5. The second-order valence-corrected chi connectivity index (χ2v) is 9.69. The van der Waals surface area contributed by atoms with Gasteiger partial charge in [0.2, 0.25) is 10.0 Å². The van der Waals surface area contributed by atoms with E-state index in [4.69, 9.17) is 0 Å². The number of anilines is 2. The molecule has 0 saturated carbocycles. The Hall–Kier alpha value is -2.38. The van der Waals surface area contributed by atoms with E-state index in [-0.39, 0.29) is 10.8 Å². The molecule has 0 aliphatic carbocycles. The summed E-state index contributed by atoms with van der Waals surface area (Å²) in [5.41, 5.74) is 3.02. The molecule has 6 nitrogen and oxygen atoms in total. The largest absolute Gasteiger partial charge is 0.371 e. The molecular weight excluding hydrogens is 374 g/mol. The summed E-state index contributed by atoms with van der Waals surface area (Å²) >= 11 is 0. The van der Waals surface area contributed by atoms with Crippen LogP contribution >= 0.6 is 0 Å². The minimum absolute atomic E-state index is 0.134. The van der Waals surface area contributed by atoms with Gasteiger partial charge in [-0.3, -0.25) is 4.79 Å². The minimum atomic E-state index is -3.62. The summed E-state index contributed by atoms with van der Waals surface area (Å²) < 4.78 is 27.3. The summed E-state index contributed by atoms with van der Waals surface area (Å²) in [7, 11) is -3.62. The van der Waals surface area contributed by atoms with Crippen LogP contribution in [0.3, 0.4) is 0 Å². The Balaban J connectivity index is 1.74. The molecule has 0 aromatic heterocycles. The van der Waals surface area contributed by atoms with Crippen LogP contribution in [0.5, 0.6) is 0 Å². The number of carbonyl (C=O) groups excluding carboxylic acids is 1. The van der Waals surface area contributed by atoms with Crippen LogP contribution in [-0.2, 0) is 16.4 Å². The fourth-order valence-electron chi connectivity index (χ4n) is 3.30. The molecule has 0 unspecified atom stereocenters. The van der Waals surface area contributed by atoms with Crippen LogP contribution < -0.4 is 14.9 Å². The molecule has 2 N–H and O–H groups in total. The molecule has 3 rings (SSSR count). The maximum Gasteiger partial charge on any atom is 0.255 e. The molecule has 0 radical (unpaired) electrons. The first-order valence-corrected chi connectivity index (χ1v) is 10.9. The van der Waals surface area contributed by atoms with E-state index in [0.29, 0.717) is 5.56 Å². The molecule has 0 spiro atoms. The van der Waals surface area contributed by atoms with Crippen LogP contribution in [0.1, 0.15) is 43.6 Å². The highest BCUT2D eigenvalue weighted by Gasteiger charge is 2.22. The Morgan fingerprint density at radius 1 is 1.11 bits per heavy atom. The summed E-state index contributed by atoms with van der Waals surface area (Å²) in [5.74, 6) is -0.270. The number of nitrogens with zero attached hydrogens (tertiary/aromatic N) is 1. The molecule has 1 heterocycles. The number of amides is 1. The van der Waals surface area contributed by atoms with E-state index in [9.17, 15) is 13.2 Å². The molecule has 1 amide bonds. The van der Waals surface area contributed by atoms with Gasteiger partial charge in [-0.25, -0.2) is 13.1 Å². The Bertz CT molecular complexity index is 977. The third kappa shape index (κ3) is 4.54. The third-order valence-electron chi connectivity index (χ3n) is 4.58. The number of hydrogen-bond acceptors (Lipinski definition) is 4. The van der Waals surface area contributed by atoms with Crippen molar-refractivity contribution in [3.05, 3.63) is 53.6 Å². The Kier molecular flexibility index (Phi) is 5.50. The predicted octanol–water partition coefficient (Wildman–Crippen LogP) is 3.40. The highest BCUT2D eigenvalue weighted by Crippen LogP contribution is 2.30. The molecule has 0 bridgehead atoms. The van der Waals surface area contributed by atoms with Crippen molar-refractivity contribution in [1.29, 1.82) is 0 Å². The van der Waals surface area contributed by atoms with Gasteiger partial charge in [-0.05, 0) is 76.1 Å². The van der Waals surface area contributed by atoms with Crippen molar-refractivity contribution in [2.45, 2.75) is 44.6 Å². The molecule has 0 saturated heterocycles. The number of benzene rings is 2. The lowest BCUT2D eigenvalue weighted by atomic mass is 10.1. The van der Waals surface area contributed by atoms with Gasteiger partial charge in [0.25, 0.3) is 5.91 Å². The highest BCUT2D eigenvalue weighted by molar-refractivity contribution is 7.89. The van der Waals surface area contributed by atoms with Crippen LogP contribution in [0.2, 0.25) is 0 Å². The molecular formula is C21H27N3O3S. The van der Waals surface area contributed by atoms with Crippen LogP contribution in [0, 0.1) is 0 Å². The van der Waals surface area contributed by atoms with Crippen LogP contribution in [0.4, 0.5) is 11.4 Å². The number of rotatable bonds is 5. The van der Waals surface area contributed by atoms with Gasteiger partial charge in [0.15, 0.2) is 0 Å². The lowest BCUT2D eigenvalue weighted by Crippen LogP contribution is -2.40. The number of nitrogens with one attached hydrogen (secondary N) is 2. The van der Waals surface area contributed by atoms with Gasteiger partial charge in [0.05, 0.1) is 4.90 Å². The third-order valence-corrected chi connectivity index (χ3v) is 6.36. The molecule has 2 aromatic rings. The zero-order valence-electron chi connectivity index (χ0n) is 16.7. The molecule has 0 atom stereocenters. The number of sulfonamides is 1. The van der Waals surface area contributed by atoms with E-state index < -0.39 is 15.6 Å². The fraction of sp³-hybridized carbons (Fsp3) is 0.381. The zero-order valence-corrected chi connectivity index (χ0v) is 17.6. The van der Waals surface area contributed by atoms with Crippen molar-refractivity contribution in [1.82, 2.24) is 4.72 Å². The number of hydrogen-bond donors (Lipinski definition) is 2. The normalized spacial score (nSPS) is 14.1. The van der Waals surface area contributed by atoms with Crippen molar-refractivity contribution in [3.8, 4) is 0 Å². The summed E-state index contributed by atoms with van der Waals surface area (Å²) in [5, 5.41) is 2.90. The average Bonchev–Trinajstić information content (AvgIpc) is 3.02. The second-order valence-electron chi connectivity index (χ2n) is 8.01. The summed E-state index contributed by atoms with van der Waals surface area (Å²) in [6.07, 6.45) is 1.02. The van der Waals surface area contributed by atoms with Gasteiger partial charge in [0, 0.05) is 35.6 Å². The Morgan fingerprint density at radius 3 is 2.39 bits per heavy atom. The van der Waals surface area contributed by atoms with E-state index in [1.807, 2.05) is 12.1 Å². The Morgan fingerprint density at radius 2 is 1.79 bits per heavy atom. The molecule has 2 aromatic carbocycles. The lowest BCUT2D eigenvalue weighted by Gasteiger charge is -2.20. The van der Waals surface area contributed by atoms with E-state index in [0.717, 1.165) is 30.9 Å². The summed E-state index contributed by atoms with van der Waals surface area (Å²) in [6.45, 7) is 9.39. The number of carbonyl (C=O) groups is 1. The van der Waals surface area contributed by atoms with Crippen molar-refractivity contribution in [3.63, 3.8) is 0 Å². The SMILES string of the molecule is CCN1CCc2ccc(NC(=O)c3ccc(S(=O)(=O)NC(C)(C)C)cc3)cc21. The topological polar surface area (TPSA) is 78.5 Å². The van der Waals surface area contributed by atoms with E-state index in [2.05, 4.69) is 27.9 Å². The van der Waals surface area contributed by atoms with E-state index in [1.165, 1.54) is 29.8 Å². The van der Waals surface area contributed by atoms with Crippen molar-refractivity contribution in [2.75, 3.05) is 23.3 Å². The van der Waals surface area contributed by atoms with Crippen LogP contribution in [0.15, 0.2) is 47.4 Å². The van der Waals surface area contributed by atoms with Gasteiger partial charge in [0.1, 0.15) is 0 Å². The number of likely N-dealkylation sites (N-methyl/N-ethyl adjacent to an activating group) is 1. The molecule has 1 aliphatic rings. The summed E-state index contributed by atoms with van der Waals surface area (Å²) in [4.78, 5) is 15.0. The van der Waals surface area contributed by atoms with Gasteiger partial charge in [-0.2, -0.15) is 0 Å². The Labute approximate surface area is 167 Å². The first-order valence-electron chi connectivity index (χ1n) is 9.42. The van der Waals surface area contributed by atoms with Crippen molar-refractivity contribution < 1.29 is 13.2 Å². The maximum atomic E-state index is 12.6. The van der Waals surface area contributed by atoms with Crippen LogP contribution in [0.25, 0.3) is 0 Å². The van der Waals surface area contributed by atoms with Gasteiger partial charge >= 0.3 is 0 Å². The number of fused-ring (bicyclic) bond motifs is 1. The quantitative estimate of drug-likeness (QED) is 0.805. The van der Waals surface area contributed by atoms with Gasteiger partial charge < -0.3 is 10.2 Å². The van der Waals surface area contributed by atoms with E-state index >= 15 is 0 Å². The fourth-order valence-corrected chi connectivity index (χ4v) is 4.72. The predicted molar refractivity (Wildman–Crippen MR) is 113 cm³/mol. The molecule has 7 heteroatoms. The summed E-state index contributed by atoms with van der Waals surface area (Å²) in [6, 6.07) is 11.9. The maximum absolute atomic E-state index is 12.6. The smallest absolute Gasteiger partial charge is 0.255 e. The highest BCUT2D eigenvalue weighted by atomic mass is 32.2. The first-order chi connectivity index (χ1) is 13.1. The molecule has 1 aliphatic heterocycles. The van der Waals surface area contributed by atoms with E-state index in [1.54, 1.807) is 20.8 Å². The van der Waals surface area contributed by atoms with Crippen molar-refractivity contribution >= 4 is 27.3 Å². The molecule has 0 fully saturated rings. The first kappa shape index (κ1) is 20.4. The van der Waals surface area contributed by atoms with Crippen molar-refractivity contribution in [2.24, 2.45) is 0 Å². The standard InChI is InChI=1S/C21H27N3O3S/c1-5-24-13-12-15-6-9-17(14-19(15)24)22-20(25)16-7-10-18(11-8-16)28(26,27)23-21(2,3)4/h6-11,14,23H,5,12-13H2,1-4H3,(H,22,25). The minimum Gasteiger partial charge on any atom is -0.371 e. The molecule has 28 heavy (non-hydrogen) atoms. The van der Waals surface area contributed by atoms with Gasteiger partial charge in [-0.15, -0.1) is 0 Å². The van der Waals surface area contributed by atoms with Crippen LogP contribution in [-0.4, -0.2) is 33.0 Å². The van der Waals surface area contributed by atoms with Gasteiger partial charge in [-0.1, -0.05) is 6.07 Å². The monoisotopic (exact) mass is 401 g/mol. The second kappa shape index (κ2) is 7.56.